The molecule has 1 fully saturated rings. The average molecular weight is 171 g/mol. The largest absolute Gasteiger partial charge is 0.464 e. The van der Waals surface area contributed by atoms with Crippen LogP contribution in [0.25, 0.3) is 0 Å². The maximum absolute atomic E-state index is 11.1. The lowest BCUT2D eigenvalue weighted by Crippen LogP contribution is -2.34. The molecule has 0 aromatic rings. The SMILES string of the molecule is CCOC(=O)[C@@H]1CC(C)C(=O)N1. The normalized spacial score (nSPS) is 28.3. The van der Waals surface area contributed by atoms with Crippen molar-refractivity contribution in [3.63, 3.8) is 0 Å². The Kier molecular flexibility index (Phi) is 2.68. The van der Waals surface area contributed by atoms with Crippen LogP contribution in [0.1, 0.15) is 20.3 Å². The molecule has 0 bridgehead atoms. The van der Waals surface area contributed by atoms with Gasteiger partial charge in [-0.05, 0) is 13.3 Å². The lowest BCUT2D eigenvalue weighted by Gasteiger charge is -2.07. The minimum atomic E-state index is -0.424. The summed E-state index contributed by atoms with van der Waals surface area (Å²) >= 11 is 0. The second kappa shape index (κ2) is 3.56. The van der Waals surface area contributed by atoms with E-state index in [4.69, 9.17) is 4.74 Å². The summed E-state index contributed by atoms with van der Waals surface area (Å²) in [6.45, 7) is 3.91. The summed E-state index contributed by atoms with van der Waals surface area (Å²) in [5, 5.41) is 2.57. The second-order valence-electron chi connectivity index (χ2n) is 2.95. The van der Waals surface area contributed by atoms with Gasteiger partial charge in [-0.2, -0.15) is 0 Å². The highest BCUT2D eigenvalue weighted by atomic mass is 16.5. The van der Waals surface area contributed by atoms with Crippen molar-refractivity contribution in [1.82, 2.24) is 5.32 Å². The van der Waals surface area contributed by atoms with Gasteiger partial charge < -0.3 is 10.1 Å². The topological polar surface area (TPSA) is 55.4 Å². The molecular formula is C8H13NO3. The van der Waals surface area contributed by atoms with Crippen LogP contribution in [0, 0.1) is 5.92 Å². The second-order valence-corrected chi connectivity index (χ2v) is 2.95. The van der Waals surface area contributed by atoms with E-state index in [9.17, 15) is 9.59 Å². The summed E-state index contributed by atoms with van der Waals surface area (Å²) in [4.78, 5) is 22.1. The third-order valence-corrected chi connectivity index (χ3v) is 1.92. The number of hydrogen-bond acceptors (Lipinski definition) is 3. The Bertz CT molecular complexity index is 202. The molecule has 1 amide bonds. The third kappa shape index (κ3) is 1.75. The molecule has 0 aromatic heterocycles. The van der Waals surface area contributed by atoms with Crippen molar-refractivity contribution in [2.75, 3.05) is 6.61 Å². The zero-order valence-electron chi connectivity index (χ0n) is 7.29. The van der Waals surface area contributed by atoms with Crippen molar-refractivity contribution >= 4 is 11.9 Å². The van der Waals surface area contributed by atoms with Gasteiger partial charge in [-0.25, -0.2) is 4.79 Å². The number of carbonyl (C=O) groups excluding carboxylic acids is 2. The van der Waals surface area contributed by atoms with Crippen molar-refractivity contribution in [2.24, 2.45) is 5.92 Å². The third-order valence-electron chi connectivity index (χ3n) is 1.92. The number of esters is 1. The minimum Gasteiger partial charge on any atom is -0.464 e. The first-order valence-electron chi connectivity index (χ1n) is 4.12. The van der Waals surface area contributed by atoms with Crippen molar-refractivity contribution < 1.29 is 14.3 Å². The van der Waals surface area contributed by atoms with E-state index in [-0.39, 0.29) is 17.8 Å². The molecule has 12 heavy (non-hydrogen) atoms. The molecule has 2 atom stereocenters. The van der Waals surface area contributed by atoms with Gasteiger partial charge in [0.15, 0.2) is 0 Å². The Morgan fingerprint density at radius 3 is 2.83 bits per heavy atom. The van der Waals surface area contributed by atoms with Gasteiger partial charge in [0.05, 0.1) is 6.61 Å². The summed E-state index contributed by atoms with van der Waals surface area (Å²) in [6.07, 6.45) is 0.553. The van der Waals surface area contributed by atoms with Gasteiger partial charge in [0.25, 0.3) is 0 Å². The monoisotopic (exact) mass is 171 g/mol. The summed E-state index contributed by atoms with van der Waals surface area (Å²) in [5.74, 6) is -0.456. The van der Waals surface area contributed by atoms with Crippen molar-refractivity contribution in [1.29, 1.82) is 0 Å². The van der Waals surface area contributed by atoms with Crippen LogP contribution in [0.4, 0.5) is 0 Å². The number of nitrogens with one attached hydrogen (secondary N) is 1. The molecule has 68 valence electrons. The molecular weight excluding hydrogens is 158 g/mol. The molecule has 1 aliphatic heterocycles. The fourth-order valence-corrected chi connectivity index (χ4v) is 1.23. The predicted molar refractivity (Wildman–Crippen MR) is 42.3 cm³/mol. The molecule has 0 aromatic carbocycles. The lowest BCUT2D eigenvalue weighted by atomic mass is 10.1. The van der Waals surface area contributed by atoms with Crippen LogP contribution in [0.3, 0.4) is 0 Å². The Morgan fingerprint density at radius 1 is 1.75 bits per heavy atom. The Balaban J connectivity index is 2.46. The molecule has 1 aliphatic rings. The Labute approximate surface area is 71.3 Å². The van der Waals surface area contributed by atoms with E-state index in [1.807, 2.05) is 0 Å². The number of ether oxygens (including phenoxy) is 1. The van der Waals surface area contributed by atoms with Crippen LogP contribution >= 0.6 is 0 Å². The molecule has 1 rings (SSSR count). The average Bonchev–Trinajstić information content (AvgIpc) is 2.33. The maximum atomic E-state index is 11.1. The molecule has 1 heterocycles. The van der Waals surface area contributed by atoms with Gasteiger partial charge in [-0.3, -0.25) is 4.79 Å². The van der Waals surface area contributed by atoms with Gasteiger partial charge in [0, 0.05) is 5.92 Å². The van der Waals surface area contributed by atoms with Crippen LogP contribution in [0.5, 0.6) is 0 Å². The summed E-state index contributed by atoms with van der Waals surface area (Å²) in [7, 11) is 0. The van der Waals surface area contributed by atoms with E-state index in [0.717, 1.165) is 0 Å². The quantitative estimate of drug-likeness (QED) is 0.598. The predicted octanol–water partition coefficient (Wildman–Crippen LogP) is 0.0741. The molecule has 0 radical (unpaired) electrons. The van der Waals surface area contributed by atoms with E-state index in [1.54, 1.807) is 13.8 Å². The lowest BCUT2D eigenvalue weighted by molar-refractivity contribution is -0.145. The Morgan fingerprint density at radius 2 is 2.42 bits per heavy atom. The first-order valence-corrected chi connectivity index (χ1v) is 4.12. The molecule has 0 aliphatic carbocycles. The minimum absolute atomic E-state index is 0.0620. The van der Waals surface area contributed by atoms with Crippen LogP contribution in [0.2, 0.25) is 0 Å². The highest BCUT2D eigenvalue weighted by Gasteiger charge is 2.33. The highest BCUT2D eigenvalue weighted by molar-refractivity contribution is 5.89. The molecule has 0 spiro atoms. The zero-order chi connectivity index (χ0) is 9.14. The molecule has 0 saturated carbocycles. The van der Waals surface area contributed by atoms with Crippen LogP contribution < -0.4 is 5.32 Å². The first kappa shape index (κ1) is 9.03. The van der Waals surface area contributed by atoms with Crippen molar-refractivity contribution in [3.05, 3.63) is 0 Å². The van der Waals surface area contributed by atoms with E-state index in [2.05, 4.69) is 5.32 Å². The van der Waals surface area contributed by atoms with Crippen LogP contribution in [-0.2, 0) is 14.3 Å². The van der Waals surface area contributed by atoms with Crippen molar-refractivity contribution in [2.45, 2.75) is 26.3 Å². The number of hydrogen-bond donors (Lipinski definition) is 1. The fraction of sp³-hybridized carbons (Fsp3) is 0.750. The highest BCUT2D eigenvalue weighted by Crippen LogP contribution is 2.15. The van der Waals surface area contributed by atoms with E-state index < -0.39 is 6.04 Å². The summed E-state index contributed by atoms with van der Waals surface area (Å²) in [6, 6.07) is -0.424. The summed E-state index contributed by atoms with van der Waals surface area (Å²) in [5.41, 5.74) is 0. The summed E-state index contributed by atoms with van der Waals surface area (Å²) < 4.78 is 4.77. The molecule has 1 unspecified atom stereocenters. The standard InChI is InChI=1S/C8H13NO3/c1-3-12-8(11)6-4-5(2)7(10)9-6/h5-6H,3-4H2,1-2H3,(H,9,10)/t5?,6-/m0/s1. The van der Waals surface area contributed by atoms with E-state index >= 15 is 0 Å². The number of amides is 1. The molecule has 1 N–H and O–H groups in total. The van der Waals surface area contributed by atoms with Crippen LogP contribution in [0.15, 0.2) is 0 Å². The first-order chi connectivity index (χ1) is 5.65. The number of rotatable bonds is 2. The van der Waals surface area contributed by atoms with Gasteiger partial charge in [0.1, 0.15) is 6.04 Å². The van der Waals surface area contributed by atoms with E-state index in [1.165, 1.54) is 0 Å². The maximum Gasteiger partial charge on any atom is 0.328 e. The molecule has 4 heteroatoms. The van der Waals surface area contributed by atoms with Gasteiger partial charge >= 0.3 is 5.97 Å². The zero-order valence-corrected chi connectivity index (χ0v) is 7.29. The van der Waals surface area contributed by atoms with Gasteiger partial charge in [-0.15, -0.1) is 0 Å². The van der Waals surface area contributed by atoms with Crippen molar-refractivity contribution in [3.8, 4) is 0 Å². The van der Waals surface area contributed by atoms with Gasteiger partial charge in [0.2, 0.25) is 5.91 Å². The molecule has 4 nitrogen and oxygen atoms in total. The van der Waals surface area contributed by atoms with E-state index in [0.29, 0.717) is 13.0 Å². The van der Waals surface area contributed by atoms with Crippen LogP contribution in [-0.4, -0.2) is 24.5 Å². The Hall–Kier alpha value is -1.06. The van der Waals surface area contributed by atoms with Gasteiger partial charge in [-0.1, -0.05) is 6.92 Å². The fourth-order valence-electron chi connectivity index (χ4n) is 1.23. The number of carbonyl (C=O) groups is 2. The molecule has 1 saturated heterocycles. The smallest absolute Gasteiger partial charge is 0.328 e.